The number of sulfonamides is 1. The second kappa shape index (κ2) is 9.00. The molecule has 162 valence electrons. The number of nitrogens with zero attached hydrogens (tertiary/aromatic N) is 4. The second-order valence-electron chi connectivity index (χ2n) is 6.78. The minimum Gasteiger partial charge on any atom is -0.497 e. The molecule has 2 heterocycles. The summed E-state index contributed by atoms with van der Waals surface area (Å²) < 4.78 is 32.4. The van der Waals surface area contributed by atoms with Crippen molar-refractivity contribution < 1.29 is 17.9 Å². The van der Waals surface area contributed by atoms with Gasteiger partial charge in [0.1, 0.15) is 5.75 Å². The van der Waals surface area contributed by atoms with Gasteiger partial charge in [0.05, 0.1) is 7.11 Å². The molecule has 4 rings (SSSR count). The fourth-order valence-corrected chi connectivity index (χ4v) is 5.67. The first-order chi connectivity index (χ1) is 15.0. The van der Waals surface area contributed by atoms with E-state index in [1.807, 2.05) is 24.3 Å². The third kappa shape index (κ3) is 4.68. The summed E-state index contributed by atoms with van der Waals surface area (Å²) in [6.07, 6.45) is 0. The van der Waals surface area contributed by atoms with Crippen molar-refractivity contribution >= 4 is 38.1 Å². The molecule has 11 heteroatoms. The van der Waals surface area contributed by atoms with Gasteiger partial charge < -0.3 is 9.64 Å². The van der Waals surface area contributed by atoms with Crippen molar-refractivity contribution in [2.45, 2.75) is 4.34 Å². The van der Waals surface area contributed by atoms with Crippen LogP contribution in [0.2, 0.25) is 0 Å². The van der Waals surface area contributed by atoms with E-state index in [0.29, 0.717) is 31.7 Å². The van der Waals surface area contributed by atoms with Crippen LogP contribution >= 0.6 is 11.3 Å². The zero-order valence-electron chi connectivity index (χ0n) is 16.8. The number of nitrogens with one attached hydrogen (secondary N) is 1. The molecule has 0 atom stereocenters. The Bertz CT molecular complexity index is 1140. The number of hydrogen-bond donors (Lipinski definition) is 1. The number of carbonyl (C=O) groups excluding carboxylic acids is 1. The van der Waals surface area contributed by atoms with E-state index < -0.39 is 10.0 Å². The third-order valence-electron chi connectivity index (χ3n) is 4.90. The van der Waals surface area contributed by atoms with Crippen LogP contribution < -0.4 is 15.0 Å². The first kappa shape index (κ1) is 21.2. The topological polar surface area (TPSA) is 105 Å². The van der Waals surface area contributed by atoms with Crippen molar-refractivity contribution in [1.29, 1.82) is 0 Å². The van der Waals surface area contributed by atoms with Crippen molar-refractivity contribution in [3.8, 4) is 5.75 Å². The number of rotatable bonds is 6. The van der Waals surface area contributed by atoms with Crippen LogP contribution in [0.15, 0.2) is 58.9 Å². The minimum absolute atomic E-state index is 0.131. The minimum atomic E-state index is -3.78. The number of aromatic nitrogens is 2. The number of anilines is 2. The number of carbonyl (C=O) groups is 1. The SMILES string of the molecule is COc1ccc(N2CCN(S(=O)(=O)c3nnc(NC(=O)c4ccccc4)s3)CC2)cc1. The van der Waals surface area contributed by atoms with E-state index in [4.69, 9.17) is 4.74 Å². The van der Waals surface area contributed by atoms with E-state index in [-0.39, 0.29) is 15.4 Å². The summed E-state index contributed by atoms with van der Waals surface area (Å²) in [5.41, 5.74) is 1.47. The van der Waals surface area contributed by atoms with Gasteiger partial charge in [-0.1, -0.05) is 29.5 Å². The maximum atomic E-state index is 13.0. The van der Waals surface area contributed by atoms with Gasteiger partial charge in [-0.3, -0.25) is 10.1 Å². The fourth-order valence-electron chi connectivity index (χ4n) is 3.21. The molecule has 9 nitrogen and oxygen atoms in total. The molecule has 1 saturated heterocycles. The number of piperazine rings is 1. The van der Waals surface area contributed by atoms with Crippen molar-refractivity contribution in [2.24, 2.45) is 0 Å². The molecule has 0 unspecified atom stereocenters. The average Bonchev–Trinajstić information content (AvgIpc) is 3.29. The Morgan fingerprint density at radius 3 is 2.32 bits per heavy atom. The first-order valence-electron chi connectivity index (χ1n) is 9.56. The molecule has 1 aliphatic heterocycles. The van der Waals surface area contributed by atoms with Crippen LogP contribution in [0.4, 0.5) is 10.8 Å². The number of methoxy groups -OCH3 is 1. The highest BCUT2D eigenvalue weighted by molar-refractivity contribution is 7.91. The lowest BCUT2D eigenvalue weighted by atomic mass is 10.2. The van der Waals surface area contributed by atoms with Crippen molar-refractivity contribution in [1.82, 2.24) is 14.5 Å². The molecule has 2 aromatic carbocycles. The van der Waals surface area contributed by atoms with Crippen LogP contribution in [0.5, 0.6) is 5.75 Å². The summed E-state index contributed by atoms with van der Waals surface area (Å²) in [6, 6.07) is 16.3. The third-order valence-corrected chi connectivity index (χ3v) is 7.98. The molecule has 1 amide bonds. The van der Waals surface area contributed by atoms with E-state index >= 15 is 0 Å². The summed E-state index contributed by atoms with van der Waals surface area (Å²) in [5, 5.41) is 10.4. The molecule has 1 fully saturated rings. The van der Waals surface area contributed by atoms with Gasteiger partial charge in [0.15, 0.2) is 0 Å². The van der Waals surface area contributed by atoms with Gasteiger partial charge in [-0.05, 0) is 36.4 Å². The monoisotopic (exact) mass is 459 g/mol. The highest BCUT2D eigenvalue weighted by Gasteiger charge is 2.32. The molecule has 3 aromatic rings. The van der Waals surface area contributed by atoms with E-state index in [2.05, 4.69) is 20.4 Å². The average molecular weight is 460 g/mol. The number of amides is 1. The van der Waals surface area contributed by atoms with Crippen molar-refractivity contribution in [2.75, 3.05) is 43.5 Å². The second-order valence-corrected chi connectivity index (χ2v) is 9.87. The van der Waals surface area contributed by atoms with Crippen LogP contribution in [0.25, 0.3) is 0 Å². The molecule has 0 spiro atoms. The van der Waals surface area contributed by atoms with E-state index in [1.54, 1.807) is 37.4 Å². The molecule has 1 N–H and O–H groups in total. The zero-order chi connectivity index (χ0) is 21.8. The lowest BCUT2D eigenvalue weighted by Gasteiger charge is -2.34. The largest absolute Gasteiger partial charge is 0.497 e. The number of ether oxygens (including phenoxy) is 1. The molecular formula is C20H21N5O4S2. The highest BCUT2D eigenvalue weighted by Crippen LogP contribution is 2.26. The van der Waals surface area contributed by atoms with Gasteiger partial charge in [-0.2, -0.15) is 4.31 Å². The predicted octanol–water partition coefficient (Wildman–Crippen LogP) is 2.31. The van der Waals surface area contributed by atoms with Crippen LogP contribution in [-0.4, -0.2) is 62.1 Å². The van der Waals surface area contributed by atoms with Gasteiger partial charge in [-0.25, -0.2) is 8.42 Å². The summed E-state index contributed by atoms with van der Waals surface area (Å²) in [6.45, 7) is 1.78. The molecule has 0 saturated carbocycles. The van der Waals surface area contributed by atoms with Crippen LogP contribution in [0, 0.1) is 0 Å². The Morgan fingerprint density at radius 1 is 1.00 bits per heavy atom. The number of benzene rings is 2. The van der Waals surface area contributed by atoms with E-state index in [1.165, 1.54) is 4.31 Å². The maximum Gasteiger partial charge on any atom is 0.272 e. The Balaban J connectivity index is 1.39. The summed E-state index contributed by atoms with van der Waals surface area (Å²) in [5.74, 6) is 0.408. The van der Waals surface area contributed by atoms with Crippen LogP contribution in [0.1, 0.15) is 10.4 Å². The van der Waals surface area contributed by atoms with Gasteiger partial charge in [-0.15, -0.1) is 10.2 Å². The molecule has 0 bridgehead atoms. The normalized spacial score (nSPS) is 14.9. The van der Waals surface area contributed by atoms with Crippen molar-refractivity contribution in [3.05, 3.63) is 60.2 Å². The van der Waals surface area contributed by atoms with Crippen LogP contribution in [0.3, 0.4) is 0 Å². The van der Waals surface area contributed by atoms with Gasteiger partial charge >= 0.3 is 0 Å². The predicted molar refractivity (Wildman–Crippen MR) is 118 cm³/mol. The molecule has 31 heavy (non-hydrogen) atoms. The molecule has 0 aliphatic carbocycles. The van der Waals surface area contributed by atoms with Gasteiger partial charge in [0.25, 0.3) is 15.9 Å². The summed E-state index contributed by atoms with van der Waals surface area (Å²) in [4.78, 5) is 14.4. The first-order valence-corrected chi connectivity index (χ1v) is 11.8. The van der Waals surface area contributed by atoms with E-state index in [9.17, 15) is 13.2 Å². The Kier molecular flexibility index (Phi) is 6.16. The smallest absolute Gasteiger partial charge is 0.272 e. The fraction of sp³-hybridized carbons (Fsp3) is 0.250. The van der Waals surface area contributed by atoms with E-state index in [0.717, 1.165) is 22.8 Å². The number of hydrogen-bond acceptors (Lipinski definition) is 8. The Hall–Kier alpha value is -3.02. The van der Waals surface area contributed by atoms with Crippen molar-refractivity contribution in [3.63, 3.8) is 0 Å². The zero-order valence-corrected chi connectivity index (χ0v) is 18.4. The lowest BCUT2D eigenvalue weighted by Crippen LogP contribution is -2.48. The molecule has 1 aliphatic rings. The Labute approximate surface area is 184 Å². The standard InChI is InChI=1S/C20H21N5O4S2/c1-29-17-9-7-16(8-10-17)24-11-13-25(14-12-24)31(27,28)20-23-22-19(30-20)21-18(26)15-5-3-2-4-6-15/h2-10H,11-14H2,1H3,(H,21,22,26). The molecular weight excluding hydrogens is 438 g/mol. The maximum absolute atomic E-state index is 13.0. The molecule has 0 radical (unpaired) electrons. The quantitative estimate of drug-likeness (QED) is 0.564. The summed E-state index contributed by atoms with van der Waals surface area (Å²) in [7, 11) is -2.16. The van der Waals surface area contributed by atoms with Gasteiger partial charge in [0, 0.05) is 37.4 Å². The highest BCUT2D eigenvalue weighted by atomic mass is 32.2. The van der Waals surface area contributed by atoms with Crippen LogP contribution in [-0.2, 0) is 10.0 Å². The lowest BCUT2D eigenvalue weighted by molar-refractivity contribution is 0.102. The Morgan fingerprint density at radius 2 is 1.68 bits per heavy atom. The molecule has 1 aromatic heterocycles. The van der Waals surface area contributed by atoms with Gasteiger partial charge in [0.2, 0.25) is 9.47 Å². The summed E-state index contributed by atoms with van der Waals surface area (Å²) >= 11 is 0.846.